The zero-order chi connectivity index (χ0) is 20.4. The minimum atomic E-state index is -0.112. The van der Waals surface area contributed by atoms with E-state index in [1.54, 1.807) is 43.0 Å². The van der Waals surface area contributed by atoms with Crippen molar-refractivity contribution in [2.45, 2.75) is 26.2 Å². The maximum absolute atomic E-state index is 12.9. The Kier molecular flexibility index (Phi) is 5.87. The highest BCUT2D eigenvalue weighted by atomic mass is 35.5. The van der Waals surface area contributed by atoms with Crippen LogP contribution in [-0.2, 0) is 11.2 Å². The lowest BCUT2D eigenvalue weighted by Gasteiger charge is -2.33. The van der Waals surface area contributed by atoms with E-state index in [4.69, 9.17) is 16.3 Å². The summed E-state index contributed by atoms with van der Waals surface area (Å²) in [5, 5.41) is 4.55. The molecule has 0 radical (unpaired) electrons. The number of amides is 1. The van der Waals surface area contributed by atoms with Gasteiger partial charge in [0.25, 0.3) is 0 Å². The summed E-state index contributed by atoms with van der Waals surface area (Å²) in [7, 11) is 1.57. The molecule has 1 atom stereocenters. The topological polar surface area (TPSA) is 67.4 Å². The first-order valence-corrected chi connectivity index (χ1v) is 10.9. The SMILES string of the molecule is CCc1cc2c(N3CCCC(C(=O)Nc4ccc(OC)c(Cl)c4)C3)ncnc2s1. The predicted octanol–water partition coefficient (Wildman–Crippen LogP) is 4.77. The summed E-state index contributed by atoms with van der Waals surface area (Å²) < 4.78 is 5.17. The molecule has 4 rings (SSSR count). The first-order chi connectivity index (χ1) is 14.1. The third-order valence-electron chi connectivity index (χ3n) is 5.22. The second-order valence-corrected chi connectivity index (χ2v) is 8.63. The van der Waals surface area contributed by atoms with E-state index >= 15 is 0 Å². The first-order valence-electron chi connectivity index (χ1n) is 9.71. The fraction of sp³-hybridized carbons (Fsp3) is 0.381. The summed E-state index contributed by atoms with van der Waals surface area (Å²) in [5.41, 5.74) is 0.674. The van der Waals surface area contributed by atoms with Crippen LogP contribution in [-0.4, -0.2) is 36.1 Å². The van der Waals surface area contributed by atoms with Gasteiger partial charge < -0.3 is 15.0 Å². The number of anilines is 2. The Morgan fingerprint density at radius 3 is 3.00 bits per heavy atom. The van der Waals surface area contributed by atoms with Crippen molar-refractivity contribution in [2.24, 2.45) is 5.92 Å². The number of thiophene rings is 1. The molecule has 1 aliphatic rings. The maximum Gasteiger partial charge on any atom is 0.229 e. The number of piperidine rings is 1. The van der Waals surface area contributed by atoms with Crippen molar-refractivity contribution in [1.82, 2.24) is 9.97 Å². The minimum Gasteiger partial charge on any atom is -0.495 e. The van der Waals surface area contributed by atoms with E-state index in [9.17, 15) is 4.79 Å². The lowest BCUT2D eigenvalue weighted by atomic mass is 9.97. The smallest absolute Gasteiger partial charge is 0.229 e. The number of carbonyl (C=O) groups is 1. The van der Waals surface area contributed by atoms with Crippen molar-refractivity contribution in [3.63, 3.8) is 0 Å². The number of nitrogens with one attached hydrogen (secondary N) is 1. The van der Waals surface area contributed by atoms with Crippen molar-refractivity contribution in [3.05, 3.63) is 40.5 Å². The minimum absolute atomic E-state index is 0.000740. The Morgan fingerprint density at radius 1 is 1.38 bits per heavy atom. The number of rotatable bonds is 5. The number of benzene rings is 1. The van der Waals surface area contributed by atoms with Gasteiger partial charge in [-0.05, 0) is 43.5 Å². The summed E-state index contributed by atoms with van der Waals surface area (Å²) in [5.74, 6) is 1.40. The molecule has 1 amide bonds. The molecule has 1 fully saturated rings. The summed E-state index contributed by atoms with van der Waals surface area (Å²) >= 11 is 7.88. The highest BCUT2D eigenvalue weighted by Crippen LogP contribution is 2.33. The lowest BCUT2D eigenvalue weighted by Crippen LogP contribution is -2.41. The second kappa shape index (κ2) is 8.55. The average molecular weight is 431 g/mol. The van der Waals surface area contributed by atoms with Gasteiger partial charge in [0.05, 0.1) is 23.4 Å². The number of ether oxygens (including phenoxy) is 1. The zero-order valence-corrected chi connectivity index (χ0v) is 18.0. The van der Waals surface area contributed by atoms with Crippen LogP contribution in [0.2, 0.25) is 5.02 Å². The van der Waals surface area contributed by atoms with Crippen molar-refractivity contribution in [3.8, 4) is 5.75 Å². The zero-order valence-electron chi connectivity index (χ0n) is 16.4. The van der Waals surface area contributed by atoms with Gasteiger partial charge in [-0.2, -0.15) is 0 Å². The number of aromatic nitrogens is 2. The third kappa shape index (κ3) is 4.16. The van der Waals surface area contributed by atoms with E-state index in [1.165, 1.54) is 4.88 Å². The molecule has 2 aromatic heterocycles. The summed E-state index contributed by atoms with van der Waals surface area (Å²) in [4.78, 5) is 26.4. The van der Waals surface area contributed by atoms with Gasteiger partial charge in [-0.25, -0.2) is 9.97 Å². The second-order valence-electron chi connectivity index (χ2n) is 7.11. The number of fused-ring (bicyclic) bond motifs is 1. The Hall–Kier alpha value is -2.38. The van der Waals surface area contributed by atoms with Crippen LogP contribution in [0.4, 0.5) is 11.5 Å². The van der Waals surface area contributed by atoms with Crippen LogP contribution >= 0.6 is 22.9 Å². The Labute approximate surface area is 178 Å². The Morgan fingerprint density at radius 2 is 2.24 bits per heavy atom. The van der Waals surface area contributed by atoms with Crippen molar-refractivity contribution >= 4 is 50.6 Å². The molecule has 152 valence electrons. The van der Waals surface area contributed by atoms with Crippen molar-refractivity contribution in [2.75, 3.05) is 30.4 Å². The fourth-order valence-electron chi connectivity index (χ4n) is 3.69. The molecule has 1 N–H and O–H groups in total. The average Bonchev–Trinajstić information content (AvgIpc) is 3.17. The van der Waals surface area contributed by atoms with Gasteiger partial charge in [0.1, 0.15) is 22.7 Å². The maximum atomic E-state index is 12.9. The van der Waals surface area contributed by atoms with Gasteiger partial charge in [0.15, 0.2) is 0 Å². The highest BCUT2D eigenvalue weighted by molar-refractivity contribution is 7.18. The highest BCUT2D eigenvalue weighted by Gasteiger charge is 2.28. The van der Waals surface area contributed by atoms with Crippen molar-refractivity contribution in [1.29, 1.82) is 0 Å². The molecule has 0 spiro atoms. The predicted molar refractivity (Wildman–Crippen MR) is 118 cm³/mol. The van der Waals surface area contributed by atoms with E-state index in [2.05, 4.69) is 33.2 Å². The number of aryl methyl sites for hydroxylation is 1. The molecular formula is C21H23ClN4O2S. The fourth-order valence-corrected chi connectivity index (χ4v) is 4.88. The Balaban J connectivity index is 1.50. The summed E-state index contributed by atoms with van der Waals surface area (Å²) in [6.45, 7) is 3.67. The molecule has 3 heterocycles. The number of hydrogen-bond acceptors (Lipinski definition) is 6. The van der Waals surface area contributed by atoms with Crippen molar-refractivity contribution < 1.29 is 9.53 Å². The van der Waals surface area contributed by atoms with Crippen LogP contribution in [0.3, 0.4) is 0 Å². The molecule has 1 aromatic carbocycles. The molecule has 0 aliphatic carbocycles. The van der Waals surface area contributed by atoms with Gasteiger partial charge >= 0.3 is 0 Å². The van der Waals surface area contributed by atoms with Crippen LogP contribution in [0.15, 0.2) is 30.6 Å². The number of nitrogens with zero attached hydrogens (tertiary/aromatic N) is 3. The third-order valence-corrected chi connectivity index (χ3v) is 6.70. The molecule has 8 heteroatoms. The molecule has 1 aliphatic heterocycles. The van der Waals surface area contributed by atoms with E-state index in [1.807, 2.05) is 0 Å². The number of hydrogen-bond donors (Lipinski definition) is 1. The number of halogens is 1. The first kappa shape index (κ1) is 19.9. The molecule has 3 aromatic rings. The molecule has 1 saturated heterocycles. The van der Waals surface area contributed by atoms with Crippen LogP contribution < -0.4 is 15.0 Å². The Bertz CT molecular complexity index is 1040. The number of methoxy groups -OCH3 is 1. The van der Waals surface area contributed by atoms with Crippen LogP contribution in [0, 0.1) is 5.92 Å². The van der Waals surface area contributed by atoms with Gasteiger partial charge in [-0.3, -0.25) is 4.79 Å². The molecule has 0 saturated carbocycles. The van der Waals surface area contributed by atoms with Gasteiger partial charge in [0, 0.05) is 23.7 Å². The molecule has 29 heavy (non-hydrogen) atoms. The summed E-state index contributed by atoms with van der Waals surface area (Å²) in [6, 6.07) is 7.45. The van der Waals surface area contributed by atoms with Crippen LogP contribution in [0.25, 0.3) is 10.2 Å². The van der Waals surface area contributed by atoms with Crippen LogP contribution in [0.1, 0.15) is 24.6 Å². The van der Waals surface area contributed by atoms with Gasteiger partial charge in [-0.15, -0.1) is 11.3 Å². The van der Waals surface area contributed by atoms with Gasteiger partial charge in [-0.1, -0.05) is 18.5 Å². The quantitative estimate of drug-likeness (QED) is 0.631. The summed E-state index contributed by atoms with van der Waals surface area (Å²) in [6.07, 6.45) is 4.40. The largest absolute Gasteiger partial charge is 0.495 e. The van der Waals surface area contributed by atoms with Crippen LogP contribution in [0.5, 0.6) is 5.75 Å². The van der Waals surface area contributed by atoms with E-state index in [0.29, 0.717) is 23.0 Å². The van der Waals surface area contributed by atoms with E-state index in [0.717, 1.165) is 41.8 Å². The van der Waals surface area contributed by atoms with E-state index in [-0.39, 0.29) is 11.8 Å². The number of carbonyl (C=O) groups excluding carboxylic acids is 1. The molecule has 1 unspecified atom stereocenters. The molecular weight excluding hydrogens is 408 g/mol. The molecule has 6 nitrogen and oxygen atoms in total. The lowest BCUT2D eigenvalue weighted by molar-refractivity contribution is -0.120. The normalized spacial score (nSPS) is 16.8. The standard InChI is InChI=1S/C21H23ClN4O2S/c1-3-15-10-16-19(23-12-24-21(16)29-15)26-8-4-5-13(11-26)20(27)25-14-6-7-18(28-2)17(22)9-14/h6-7,9-10,12-13H,3-5,8,11H2,1-2H3,(H,25,27). The van der Waals surface area contributed by atoms with Gasteiger partial charge in [0.2, 0.25) is 5.91 Å². The van der Waals surface area contributed by atoms with E-state index < -0.39 is 0 Å². The molecule has 0 bridgehead atoms. The monoisotopic (exact) mass is 430 g/mol.